The first-order valence-electron chi connectivity index (χ1n) is 3.99. The largest absolute Gasteiger partial charge is 0.524 e. The highest BCUT2D eigenvalue weighted by Gasteiger charge is 2.07. The van der Waals surface area contributed by atoms with E-state index in [0.717, 1.165) is 11.0 Å². The molecule has 1 heterocycles. The van der Waals surface area contributed by atoms with Crippen LogP contribution >= 0.6 is 0 Å². The molecule has 0 amide bonds. The van der Waals surface area contributed by atoms with Crippen molar-refractivity contribution in [3.05, 3.63) is 24.3 Å². The van der Waals surface area contributed by atoms with E-state index in [0.29, 0.717) is 11.8 Å². The van der Waals surface area contributed by atoms with Gasteiger partial charge in [0.25, 0.3) is 11.8 Å². The highest BCUT2D eigenvalue weighted by Crippen LogP contribution is 2.24. The molecule has 3 radical (unpaired) electrons. The lowest BCUT2D eigenvalue weighted by Gasteiger charge is -2.06. The second-order valence-electron chi connectivity index (χ2n) is 2.63. The number of para-hydroxylation sites is 2. The fraction of sp³-hybridized carbons (Fsp3) is 0.111. The SMILES string of the molecule is COc1nc2ccccc2nc1O[Si]. The van der Waals surface area contributed by atoms with Crippen molar-refractivity contribution in [3.8, 4) is 11.8 Å². The molecule has 0 atom stereocenters. The summed E-state index contributed by atoms with van der Waals surface area (Å²) in [5.74, 6) is 0.682. The number of hydrogen-bond acceptors (Lipinski definition) is 4. The van der Waals surface area contributed by atoms with Crippen LogP contribution in [-0.4, -0.2) is 27.6 Å². The quantitative estimate of drug-likeness (QED) is 0.686. The van der Waals surface area contributed by atoms with Crippen molar-refractivity contribution >= 4 is 21.5 Å². The minimum atomic E-state index is 0.322. The number of rotatable bonds is 2. The van der Waals surface area contributed by atoms with Crippen LogP contribution in [0.1, 0.15) is 0 Å². The number of hydrogen-bond donors (Lipinski definition) is 0. The van der Waals surface area contributed by atoms with Crippen LogP contribution < -0.4 is 9.16 Å². The molecule has 2 rings (SSSR count). The predicted octanol–water partition coefficient (Wildman–Crippen LogP) is 1.10. The summed E-state index contributed by atoms with van der Waals surface area (Å²) in [6.07, 6.45) is 0. The minimum absolute atomic E-state index is 0.322. The molecule has 0 N–H and O–H groups in total. The molecule has 5 heteroatoms. The maximum atomic E-state index is 5.01. The van der Waals surface area contributed by atoms with E-state index in [1.807, 2.05) is 24.3 Å². The van der Waals surface area contributed by atoms with Crippen LogP contribution in [0.25, 0.3) is 11.0 Å². The van der Waals surface area contributed by atoms with Gasteiger partial charge in [-0.2, -0.15) is 0 Å². The molecule has 0 aliphatic heterocycles. The van der Waals surface area contributed by atoms with E-state index in [9.17, 15) is 0 Å². The Kier molecular flexibility index (Phi) is 2.32. The number of benzene rings is 1. The van der Waals surface area contributed by atoms with Gasteiger partial charge >= 0.3 is 10.5 Å². The van der Waals surface area contributed by atoms with Crippen LogP contribution in [0.2, 0.25) is 0 Å². The fourth-order valence-electron chi connectivity index (χ4n) is 1.17. The molecule has 14 heavy (non-hydrogen) atoms. The summed E-state index contributed by atoms with van der Waals surface area (Å²) in [4.78, 5) is 8.43. The number of methoxy groups -OCH3 is 1. The van der Waals surface area contributed by atoms with Crippen molar-refractivity contribution in [2.24, 2.45) is 0 Å². The van der Waals surface area contributed by atoms with Crippen molar-refractivity contribution < 1.29 is 9.16 Å². The first-order valence-corrected chi connectivity index (χ1v) is 4.40. The van der Waals surface area contributed by atoms with Gasteiger partial charge in [-0.25, -0.2) is 9.97 Å². The molecule has 69 valence electrons. The van der Waals surface area contributed by atoms with Crippen molar-refractivity contribution in [3.63, 3.8) is 0 Å². The maximum absolute atomic E-state index is 5.01. The van der Waals surface area contributed by atoms with E-state index in [-0.39, 0.29) is 0 Å². The van der Waals surface area contributed by atoms with Gasteiger partial charge in [0.05, 0.1) is 18.1 Å². The number of fused-ring (bicyclic) bond motifs is 1. The van der Waals surface area contributed by atoms with Crippen molar-refractivity contribution in [2.45, 2.75) is 0 Å². The average molecular weight is 203 g/mol. The highest BCUT2D eigenvalue weighted by molar-refractivity contribution is 6.00. The average Bonchev–Trinajstić information content (AvgIpc) is 2.27. The topological polar surface area (TPSA) is 44.2 Å². The summed E-state index contributed by atoms with van der Waals surface area (Å²) in [5, 5.41) is 0. The monoisotopic (exact) mass is 203 g/mol. The molecule has 0 aliphatic rings. The number of ether oxygens (including phenoxy) is 1. The Labute approximate surface area is 84.4 Å². The lowest BCUT2D eigenvalue weighted by atomic mass is 10.3. The molecule has 0 unspecified atom stereocenters. The van der Waals surface area contributed by atoms with E-state index < -0.39 is 0 Å². The van der Waals surface area contributed by atoms with Gasteiger partial charge in [-0.3, -0.25) is 0 Å². The van der Waals surface area contributed by atoms with E-state index in [1.54, 1.807) is 0 Å². The van der Waals surface area contributed by atoms with E-state index in [1.165, 1.54) is 7.11 Å². The Bertz CT molecular complexity index is 419. The molecule has 4 nitrogen and oxygen atoms in total. The normalized spacial score (nSPS) is 10.1. The van der Waals surface area contributed by atoms with Crippen LogP contribution in [-0.2, 0) is 0 Å². The molecule has 0 bridgehead atoms. The molecule has 0 fully saturated rings. The zero-order valence-electron chi connectivity index (χ0n) is 7.52. The predicted molar refractivity (Wildman–Crippen MR) is 52.5 cm³/mol. The smallest absolute Gasteiger partial charge is 0.343 e. The third kappa shape index (κ3) is 1.42. The third-order valence-electron chi connectivity index (χ3n) is 1.80. The third-order valence-corrected chi connectivity index (χ3v) is 1.99. The first kappa shape index (κ1) is 8.95. The Morgan fingerprint density at radius 2 is 1.64 bits per heavy atom. The maximum Gasteiger partial charge on any atom is 0.343 e. The van der Waals surface area contributed by atoms with E-state index in [2.05, 4.69) is 20.5 Å². The second kappa shape index (κ2) is 3.63. The molecule has 0 saturated heterocycles. The van der Waals surface area contributed by atoms with Crippen LogP contribution in [0.15, 0.2) is 24.3 Å². The molecule has 2 aromatic rings. The van der Waals surface area contributed by atoms with Gasteiger partial charge in [-0.15, -0.1) is 0 Å². The van der Waals surface area contributed by atoms with Gasteiger partial charge in [0.15, 0.2) is 0 Å². The summed E-state index contributed by atoms with van der Waals surface area (Å²) in [6.45, 7) is 0. The van der Waals surface area contributed by atoms with Crippen molar-refractivity contribution in [2.75, 3.05) is 7.11 Å². The van der Waals surface area contributed by atoms with Crippen LogP contribution in [0.5, 0.6) is 11.8 Å². The van der Waals surface area contributed by atoms with Crippen molar-refractivity contribution in [1.29, 1.82) is 0 Å². The Balaban J connectivity index is 2.69. The molecule has 1 aromatic carbocycles. The summed E-state index contributed by atoms with van der Waals surface area (Å²) in [6, 6.07) is 7.50. The van der Waals surface area contributed by atoms with Crippen molar-refractivity contribution in [1.82, 2.24) is 9.97 Å². The molecular formula is C9H7N2O2Si. The van der Waals surface area contributed by atoms with E-state index in [4.69, 9.17) is 9.16 Å². The summed E-state index contributed by atoms with van der Waals surface area (Å²) < 4.78 is 9.87. The van der Waals surface area contributed by atoms with Gasteiger partial charge in [0.1, 0.15) is 0 Å². The van der Waals surface area contributed by atoms with Gasteiger partial charge in [0.2, 0.25) is 0 Å². The number of nitrogens with zero attached hydrogens (tertiary/aromatic N) is 2. The van der Waals surface area contributed by atoms with Crippen LogP contribution in [0.3, 0.4) is 0 Å². The highest BCUT2D eigenvalue weighted by atomic mass is 28.2. The minimum Gasteiger partial charge on any atom is -0.524 e. The Morgan fingerprint density at radius 1 is 1.07 bits per heavy atom. The molecule has 0 saturated carbocycles. The van der Waals surface area contributed by atoms with Crippen LogP contribution in [0, 0.1) is 0 Å². The van der Waals surface area contributed by atoms with Gasteiger partial charge in [-0.1, -0.05) is 12.1 Å². The van der Waals surface area contributed by atoms with Gasteiger partial charge in [-0.05, 0) is 12.1 Å². The molecule has 0 aliphatic carbocycles. The van der Waals surface area contributed by atoms with Gasteiger partial charge < -0.3 is 9.16 Å². The number of aromatic nitrogens is 2. The summed E-state index contributed by atoms with van der Waals surface area (Å²) in [7, 11) is 4.42. The molecule has 0 spiro atoms. The standard InChI is InChI=1S/C9H7N2O2Si/c1-12-8-9(13-14)11-7-5-3-2-4-6(7)10-8/h2-5H,1H3. The zero-order chi connectivity index (χ0) is 9.97. The summed E-state index contributed by atoms with van der Waals surface area (Å²) in [5.41, 5.74) is 1.54. The van der Waals surface area contributed by atoms with E-state index >= 15 is 0 Å². The molecular weight excluding hydrogens is 196 g/mol. The summed E-state index contributed by atoms with van der Waals surface area (Å²) >= 11 is 0. The molecule has 1 aromatic heterocycles. The first-order chi connectivity index (χ1) is 6.85. The van der Waals surface area contributed by atoms with Gasteiger partial charge in [0, 0.05) is 0 Å². The Hall–Kier alpha value is -1.62. The Morgan fingerprint density at radius 3 is 2.14 bits per heavy atom. The fourth-order valence-corrected chi connectivity index (χ4v) is 1.30. The lowest BCUT2D eigenvalue weighted by Crippen LogP contribution is -1.97. The second-order valence-corrected chi connectivity index (χ2v) is 2.83. The zero-order valence-corrected chi connectivity index (χ0v) is 8.52. The lowest BCUT2D eigenvalue weighted by molar-refractivity contribution is 0.377. The van der Waals surface area contributed by atoms with Crippen LogP contribution in [0.4, 0.5) is 0 Å².